The molecule has 0 bridgehead atoms. The molecule has 0 fully saturated rings. The van der Waals surface area contributed by atoms with Crippen molar-refractivity contribution in [3.63, 3.8) is 0 Å². The van der Waals surface area contributed by atoms with E-state index in [9.17, 15) is 4.79 Å². The number of rotatable bonds is 15. The summed E-state index contributed by atoms with van der Waals surface area (Å²) in [4.78, 5) is 12.7. The lowest BCUT2D eigenvalue weighted by molar-refractivity contribution is -0.131. The number of carbonyl (C=O) groups is 1. The molecular weight excluding hydrogens is 388 g/mol. The lowest BCUT2D eigenvalue weighted by atomic mass is 10.0. The summed E-state index contributed by atoms with van der Waals surface area (Å²) in [7, 11) is 0. The van der Waals surface area contributed by atoms with Gasteiger partial charge in [0.1, 0.15) is 0 Å². The molecule has 7 heteroatoms. The fourth-order valence-corrected chi connectivity index (χ4v) is 2.85. The van der Waals surface area contributed by atoms with Crippen LogP contribution in [-0.4, -0.2) is 45.6 Å². The minimum atomic E-state index is -0.626. The second-order valence-electron chi connectivity index (χ2n) is 6.24. The van der Waals surface area contributed by atoms with E-state index >= 15 is 0 Å². The summed E-state index contributed by atoms with van der Waals surface area (Å²) in [6, 6.07) is 0. The molecule has 0 atom stereocenters. The van der Waals surface area contributed by atoms with E-state index in [4.69, 9.17) is 28.4 Å². The molecule has 30 heavy (non-hydrogen) atoms. The predicted octanol–water partition coefficient (Wildman–Crippen LogP) is 4.73. The summed E-state index contributed by atoms with van der Waals surface area (Å²) in [5.74, 6) is 1.17. The first kappa shape index (κ1) is 25.6. The molecule has 0 aliphatic heterocycles. The second kappa shape index (κ2) is 13.7. The molecule has 1 aromatic rings. The second-order valence-corrected chi connectivity index (χ2v) is 6.24. The maximum Gasteiger partial charge on any atom is 0.341 e. The highest BCUT2D eigenvalue weighted by molar-refractivity contribution is 5.91. The zero-order chi connectivity index (χ0) is 22.5. The zero-order valence-corrected chi connectivity index (χ0v) is 19.2. The van der Waals surface area contributed by atoms with Gasteiger partial charge in [-0.2, -0.15) is 0 Å². The first-order valence-electron chi connectivity index (χ1n) is 10.7. The van der Waals surface area contributed by atoms with Gasteiger partial charge in [0.15, 0.2) is 11.5 Å². The molecular formula is C23H36O7. The number of benzene rings is 1. The quantitative estimate of drug-likeness (QED) is 0.229. The molecule has 0 saturated carbocycles. The highest BCUT2D eigenvalue weighted by Crippen LogP contribution is 2.54. The molecule has 0 aliphatic rings. The van der Waals surface area contributed by atoms with E-state index in [1.807, 2.05) is 34.6 Å². The first-order chi connectivity index (χ1) is 14.5. The fourth-order valence-electron chi connectivity index (χ4n) is 2.85. The smallest absolute Gasteiger partial charge is 0.341 e. The Kier molecular flexibility index (Phi) is 11.7. The maximum absolute atomic E-state index is 12.7. The largest absolute Gasteiger partial charge is 0.489 e. The number of hydrogen-bond acceptors (Lipinski definition) is 7. The summed E-state index contributed by atoms with van der Waals surface area (Å²) in [6.07, 6.45) is 1.55. The van der Waals surface area contributed by atoms with Gasteiger partial charge in [0.2, 0.25) is 17.2 Å². The van der Waals surface area contributed by atoms with E-state index in [0.717, 1.165) is 12.0 Å². The van der Waals surface area contributed by atoms with Crippen molar-refractivity contribution in [3.05, 3.63) is 17.7 Å². The van der Waals surface area contributed by atoms with Gasteiger partial charge in [-0.1, -0.05) is 19.9 Å². The van der Waals surface area contributed by atoms with E-state index in [1.165, 1.54) is 0 Å². The Balaban J connectivity index is 3.71. The van der Waals surface area contributed by atoms with Gasteiger partial charge in [0.05, 0.1) is 38.6 Å². The van der Waals surface area contributed by atoms with E-state index in [1.54, 1.807) is 0 Å². The van der Waals surface area contributed by atoms with Gasteiger partial charge in [-0.15, -0.1) is 0 Å². The Morgan fingerprint density at radius 2 is 1.17 bits per heavy atom. The molecule has 0 saturated heterocycles. The molecule has 0 aliphatic carbocycles. The molecule has 0 N–H and O–H groups in total. The Morgan fingerprint density at radius 1 is 0.700 bits per heavy atom. The Bertz CT molecular complexity index is 660. The summed E-state index contributed by atoms with van der Waals surface area (Å²) in [5, 5.41) is 0. The van der Waals surface area contributed by atoms with Crippen LogP contribution in [0.3, 0.4) is 0 Å². The molecule has 1 aromatic carbocycles. The average molecular weight is 425 g/mol. The summed E-state index contributed by atoms with van der Waals surface area (Å²) >= 11 is 0. The van der Waals surface area contributed by atoms with Gasteiger partial charge >= 0.3 is 5.97 Å². The van der Waals surface area contributed by atoms with E-state index in [-0.39, 0.29) is 17.9 Å². The minimum Gasteiger partial charge on any atom is -0.489 e. The Morgan fingerprint density at radius 3 is 1.57 bits per heavy atom. The molecule has 0 unspecified atom stereocenters. The number of hydrogen-bond donors (Lipinski definition) is 0. The van der Waals surface area contributed by atoms with Crippen LogP contribution >= 0.6 is 0 Å². The highest BCUT2D eigenvalue weighted by Gasteiger charge is 2.31. The van der Waals surface area contributed by atoms with Crippen LogP contribution in [0.1, 0.15) is 53.5 Å². The van der Waals surface area contributed by atoms with Gasteiger partial charge in [-0.3, -0.25) is 0 Å². The van der Waals surface area contributed by atoms with Crippen molar-refractivity contribution in [1.29, 1.82) is 0 Å². The van der Waals surface area contributed by atoms with Crippen LogP contribution in [0.5, 0.6) is 28.7 Å². The van der Waals surface area contributed by atoms with E-state index in [0.29, 0.717) is 62.5 Å². The van der Waals surface area contributed by atoms with Crippen LogP contribution in [0.4, 0.5) is 0 Å². The van der Waals surface area contributed by atoms with Crippen LogP contribution in [0, 0.1) is 0 Å². The highest BCUT2D eigenvalue weighted by atomic mass is 16.6. The van der Waals surface area contributed by atoms with Gasteiger partial charge in [0.25, 0.3) is 0 Å². The van der Waals surface area contributed by atoms with Crippen molar-refractivity contribution in [2.75, 3.05) is 39.6 Å². The van der Waals surface area contributed by atoms with Crippen molar-refractivity contribution in [2.24, 2.45) is 0 Å². The monoisotopic (exact) mass is 424 g/mol. The van der Waals surface area contributed by atoms with Crippen molar-refractivity contribution < 1.29 is 33.2 Å². The van der Waals surface area contributed by atoms with Gasteiger partial charge in [-0.25, -0.2) is 4.79 Å². The predicted molar refractivity (Wildman–Crippen MR) is 116 cm³/mol. The number of carbonyl (C=O) groups excluding carboxylic acids is 1. The Labute approximate surface area is 180 Å². The summed E-state index contributed by atoms with van der Waals surface area (Å²) in [6.45, 7) is 17.2. The van der Waals surface area contributed by atoms with Crippen molar-refractivity contribution in [1.82, 2.24) is 0 Å². The molecule has 0 aromatic heterocycles. The maximum atomic E-state index is 12.7. The molecule has 7 nitrogen and oxygen atoms in total. The average Bonchev–Trinajstić information content (AvgIpc) is 2.73. The van der Waals surface area contributed by atoms with E-state index in [2.05, 4.69) is 13.5 Å². The van der Waals surface area contributed by atoms with Crippen LogP contribution < -0.4 is 23.7 Å². The normalized spacial score (nSPS) is 10.5. The Hall–Kier alpha value is -2.41. The zero-order valence-electron chi connectivity index (χ0n) is 19.2. The van der Waals surface area contributed by atoms with Crippen LogP contribution in [-0.2, 0) is 16.0 Å². The van der Waals surface area contributed by atoms with E-state index < -0.39 is 5.97 Å². The van der Waals surface area contributed by atoms with Crippen LogP contribution in [0.2, 0.25) is 0 Å². The number of ether oxygens (including phenoxy) is 6. The summed E-state index contributed by atoms with van der Waals surface area (Å²) < 4.78 is 34.7. The van der Waals surface area contributed by atoms with Crippen molar-refractivity contribution in [2.45, 2.75) is 54.4 Å². The standard InChI is InChI=1S/C23H36O7/c1-8-14-17-18(26-10-3)20(28-12-5)22(21(29-13-6)19(17)27-11-4)30-23(24)16(7)15-25-9-2/h7-15H2,1-6H3. The summed E-state index contributed by atoms with van der Waals surface area (Å²) in [5.41, 5.74) is 1.02. The van der Waals surface area contributed by atoms with Crippen molar-refractivity contribution in [3.8, 4) is 28.7 Å². The van der Waals surface area contributed by atoms with Crippen LogP contribution in [0.15, 0.2) is 12.2 Å². The first-order valence-corrected chi connectivity index (χ1v) is 10.7. The van der Waals surface area contributed by atoms with Crippen LogP contribution in [0.25, 0.3) is 0 Å². The van der Waals surface area contributed by atoms with Gasteiger partial charge < -0.3 is 28.4 Å². The number of esters is 1. The molecule has 1 rings (SSSR count). The third kappa shape index (κ3) is 6.55. The minimum absolute atomic E-state index is 0.0772. The fraction of sp³-hybridized carbons (Fsp3) is 0.609. The van der Waals surface area contributed by atoms with Gasteiger partial charge in [-0.05, 0) is 41.0 Å². The lowest BCUT2D eigenvalue weighted by Crippen LogP contribution is -2.17. The van der Waals surface area contributed by atoms with Gasteiger partial charge in [0, 0.05) is 12.2 Å². The molecule has 170 valence electrons. The lowest BCUT2D eigenvalue weighted by Gasteiger charge is -2.24. The third-order valence-electron chi connectivity index (χ3n) is 3.99. The topological polar surface area (TPSA) is 72.5 Å². The molecule has 0 spiro atoms. The molecule has 0 amide bonds. The SMILES string of the molecule is C=C(COCC)C(=O)Oc1c(OCC)c(OCC)c(CCC)c(OCC)c1OCC. The molecule has 0 radical (unpaired) electrons. The van der Waals surface area contributed by atoms with Crippen molar-refractivity contribution >= 4 is 5.97 Å². The third-order valence-corrected chi connectivity index (χ3v) is 3.99. The molecule has 0 heterocycles.